The molecule has 2 aromatic rings. The van der Waals surface area contributed by atoms with Crippen LogP contribution in [0.2, 0.25) is 0 Å². The third kappa shape index (κ3) is 6.32. The van der Waals surface area contributed by atoms with Gasteiger partial charge in [0.15, 0.2) is 0 Å². The number of halogens is 1. The molecule has 1 aliphatic heterocycles. The van der Waals surface area contributed by atoms with Gasteiger partial charge in [-0.3, -0.25) is 4.79 Å². The molecule has 0 N–H and O–H groups in total. The lowest BCUT2D eigenvalue weighted by atomic mass is 9.84. The minimum absolute atomic E-state index is 0.0611. The smallest absolute Gasteiger partial charge is 0.229 e. The van der Waals surface area contributed by atoms with Crippen LogP contribution in [0.1, 0.15) is 55.9 Å². The summed E-state index contributed by atoms with van der Waals surface area (Å²) in [5.74, 6) is 0.202. The molecule has 3 nitrogen and oxygen atoms in total. The molecule has 2 atom stereocenters. The van der Waals surface area contributed by atoms with Crippen LogP contribution >= 0.6 is 0 Å². The molecule has 178 valence electrons. The molecule has 0 spiro atoms. The number of carbonyl (C=O) groups is 1. The predicted molar refractivity (Wildman–Crippen MR) is 137 cm³/mol. The van der Waals surface area contributed by atoms with E-state index in [1.165, 1.54) is 11.6 Å². The van der Waals surface area contributed by atoms with E-state index in [1.54, 1.807) is 6.07 Å². The molecule has 3 rings (SSSR count). The Kier molecular flexibility index (Phi) is 8.85. The Labute approximate surface area is 199 Å². The van der Waals surface area contributed by atoms with Gasteiger partial charge < -0.3 is 9.80 Å². The van der Waals surface area contributed by atoms with Crippen LogP contribution in [0.15, 0.2) is 42.5 Å². The van der Waals surface area contributed by atoms with E-state index >= 15 is 0 Å². The number of anilines is 1. The van der Waals surface area contributed by atoms with Crippen LogP contribution in [-0.2, 0) is 11.2 Å². The molecule has 0 bridgehead atoms. The molecular weight excluding hydrogens is 411 g/mol. The van der Waals surface area contributed by atoms with E-state index in [-0.39, 0.29) is 23.6 Å². The Morgan fingerprint density at radius 2 is 1.79 bits per heavy atom. The van der Waals surface area contributed by atoms with Crippen LogP contribution in [0.4, 0.5) is 10.1 Å². The monoisotopic (exact) mass is 450 g/mol. The van der Waals surface area contributed by atoms with Crippen LogP contribution in [0.3, 0.4) is 0 Å². The van der Waals surface area contributed by atoms with Gasteiger partial charge in [-0.15, -0.1) is 0 Å². The molecule has 2 aromatic carbocycles. The van der Waals surface area contributed by atoms with Crippen molar-refractivity contribution in [2.24, 2.45) is 11.8 Å². The van der Waals surface area contributed by atoms with Gasteiger partial charge in [0.05, 0.1) is 0 Å². The number of carbonyl (C=O) groups excluding carboxylic acids is 1. The summed E-state index contributed by atoms with van der Waals surface area (Å²) < 4.78 is 14.2. The molecule has 0 radical (unpaired) electrons. The van der Waals surface area contributed by atoms with E-state index in [4.69, 9.17) is 0 Å². The lowest BCUT2D eigenvalue weighted by Gasteiger charge is -2.38. The average Bonchev–Trinajstić information content (AvgIpc) is 2.78. The molecule has 0 aromatic heterocycles. The SMILES string of the molecule is CCN(CC)CC/C=C/c1cc(C)c(N2C[C@@H](Cc3ccccc3F)C[C@@H](C)C2=O)c(C)c1. The molecule has 33 heavy (non-hydrogen) atoms. The van der Waals surface area contributed by atoms with E-state index in [0.29, 0.717) is 13.0 Å². The highest BCUT2D eigenvalue weighted by atomic mass is 19.1. The summed E-state index contributed by atoms with van der Waals surface area (Å²) in [6.07, 6.45) is 6.92. The van der Waals surface area contributed by atoms with Crippen LogP contribution in [0.5, 0.6) is 0 Å². The van der Waals surface area contributed by atoms with Crippen molar-refractivity contribution in [2.75, 3.05) is 31.1 Å². The van der Waals surface area contributed by atoms with Crippen molar-refractivity contribution in [2.45, 2.75) is 53.9 Å². The molecule has 1 aliphatic rings. The highest BCUT2D eigenvalue weighted by Gasteiger charge is 2.34. The quantitative estimate of drug-likeness (QED) is 0.440. The fourth-order valence-corrected chi connectivity index (χ4v) is 5.14. The molecule has 0 saturated carbocycles. The second-order valence-corrected chi connectivity index (χ2v) is 9.47. The molecule has 1 heterocycles. The summed E-state index contributed by atoms with van der Waals surface area (Å²) >= 11 is 0. The van der Waals surface area contributed by atoms with Crippen LogP contribution in [0.25, 0.3) is 6.08 Å². The normalized spacial score (nSPS) is 19.1. The van der Waals surface area contributed by atoms with E-state index in [1.807, 2.05) is 24.0 Å². The minimum Gasteiger partial charge on any atom is -0.311 e. The number of hydrogen-bond acceptors (Lipinski definition) is 2. The number of rotatable bonds is 9. The van der Waals surface area contributed by atoms with Gasteiger partial charge in [0.25, 0.3) is 0 Å². The third-order valence-electron chi connectivity index (χ3n) is 6.88. The zero-order valence-corrected chi connectivity index (χ0v) is 20.9. The molecule has 1 amide bonds. The van der Waals surface area contributed by atoms with Gasteiger partial charge in [-0.05, 0) is 92.6 Å². The topological polar surface area (TPSA) is 23.6 Å². The maximum atomic E-state index is 14.2. The predicted octanol–water partition coefficient (Wildman–Crippen LogP) is 6.42. The Morgan fingerprint density at radius 3 is 2.42 bits per heavy atom. The Morgan fingerprint density at radius 1 is 1.12 bits per heavy atom. The third-order valence-corrected chi connectivity index (χ3v) is 6.88. The van der Waals surface area contributed by atoms with Crippen molar-refractivity contribution >= 4 is 17.7 Å². The van der Waals surface area contributed by atoms with Gasteiger partial charge in [-0.2, -0.15) is 0 Å². The van der Waals surface area contributed by atoms with E-state index in [2.05, 4.69) is 56.9 Å². The van der Waals surface area contributed by atoms with Crippen LogP contribution in [0, 0.1) is 31.5 Å². The van der Waals surface area contributed by atoms with E-state index in [0.717, 1.165) is 54.9 Å². The van der Waals surface area contributed by atoms with Gasteiger partial charge in [0.2, 0.25) is 5.91 Å². The van der Waals surface area contributed by atoms with Crippen molar-refractivity contribution in [3.8, 4) is 0 Å². The highest BCUT2D eigenvalue weighted by molar-refractivity contribution is 5.97. The first-order valence-electron chi connectivity index (χ1n) is 12.4. The van der Waals surface area contributed by atoms with Crippen LogP contribution < -0.4 is 4.90 Å². The van der Waals surface area contributed by atoms with Crippen molar-refractivity contribution in [3.63, 3.8) is 0 Å². The number of piperidine rings is 1. The van der Waals surface area contributed by atoms with E-state index < -0.39 is 0 Å². The first-order chi connectivity index (χ1) is 15.8. The van der Waals surface area contributed by atoms with Crippen molar-refractivity contribution < 1.29 is 9.18 Å². The zero-order chi connectivity index (χ0) is 24.0. The number of hydrogen-bond donors (Lipinski definition) is 0. The fourth-order valence-electron chi connectivity index (χ4n) is 5.14. The number of aryl methyl sites for hydroxylation is 2. The Balaban J connectivity index is 1.76. The van der Waals surface area contributed by atoms with Gasteiger partial charge in [-0.25, -0.2) is 4.39 Å². The van der Waals surface area contributed by atoms with E-state index in [9.17, 15) is 9.18 Å². The van der Waals surface area contributed by atoms with Gasteiger partial charge in [0, 0.05) is 24.7 Å². The summed E-state index contributed by atoms with van der Waals surface area (Å²) in [4.78, 5) is 17.5. The lowest BCUT2D eigenvalue weighted by Crippen LogP contribution is -2.46. The molecule has 0 aliphatic carbocycles. The van der Waals surface area contributed by atoms with Gasteiger partial charge >= 0.3 is 0 Å². The average molecular weight is 451 g/mol. The first kappa shape index (κ1) is 25.2. The summed E-state index contributed by atoms with van der Waals surface area (Å²) in [6.45, 7) is 14.4. The standard InChI is InChI=1S/C29H39FN2O/c1-6-31(7-2)15-11-10-12-24-16-21(3)28(22(4)17-24)32-20-25(18-23(5)29(32)33)19-26-13-8-9-14-27(26)30/h8-10,12-14,16-17,23,25H,6-7,11,15,18-20H2,1-5H3/b12-10+/t23-,25-/m1/s1. The molecule has 1 saturated heterocycles. The number of benzene rings is 2. The Bertz CT molecular complexity index is 956. The second kappa shape index (κ2) is 11.6. The minimum atomic E-state index is -0.155. The summed E-state index contributed by atoms with van der Waals surface area (Å²) in [7, 11) is 0. The fraction of sp³-hybridized carbons (Fsp3) is 0.483. The molecule has 1 fully saturated rings. The number of nitrogens with zero attached hydrogens (tertiary/aromatic N) is 2. The maximum absolute atomic E-state index is 14.2. The van der Waals surface area contributed by atoms with Crippen molar-refractivity contribution in [1.82, 2.24) is 4.90 Å². The van der Waals surface area contributed by atoms with Crippen molar-refractivity contribution in [3.05, 3.63) is 70.5 Å². The highest BCUT2D eigenvalue weighted by Crippen LogP contribution is 2.34. The summed E-state index contributed by atoms with van der Waals surface area (Å²) in [5.41, 5.74) is 5.16. The lowest BCUT2D eigenvalue weighted by molar-refractivity contribution is -0.124. The molecule has 0 unspecified atom stereocenters. The maximum Gasteiger partial charge on any atom is 0.229 e. The van der Waals surface area contributed by atoms with Gasteiger partial charge in [-0.1, -0.05) is 51.1 Å². The summed E-state index contributed by atoms with van der Waals surface area (Å²) in [6, 6.07) is 11.3. The largest absolute Gasteiger partial charge is 0.311 e. The Hall–Kier alpha value is -2.46. The molecular formula is C29H39FN2O. The zero-order valence-electron chi connectivity index (χ0n) is 20.9. The summed E-state index contributed by atoms with van der Waals surface area (Å²) in [5, 5.41) is 0. The van der Waals surface area contributed by atoms with Crippen molar-refractivity contribution in [1.29, 1.82) is 0 Å². The van der Waals surface area contributed by atoms with Crippen LogP contribution in [-0.4, -0.2) is 37.0 Å². The number of amides is 1. The second-order valence-electron chi connectivity index (χ2n) is 9.47. The molecule has 4 heteroatoms. The first-order valence-corrected chi connectivity index (χ1v) is 12.4. The van der Waals surface area contributed by atoms with Gasteiger partial charge in [0.1, 0.15) is 5.82 Å².